The highest BCUT2D eigenvalue weighted by Gasteiger charge is 2.31. The molecular formula is C16H21Cl2N3O3. The predicted octanol–water partition coefficient (Wildman–Crippen LogP) is 2.67. The third-order valence-electron chi connectivity index (χ3n) is 4.96. The maximum Gasteiger partial charge on any atom is 0.270 e. The Balaban J connectivity index is 0.00000208. The van der Waals surface area contributed by atoms with Crippen LogP contribution in [0.25, 0.3) is 0 Å². The molecule has 8 heteroatoms. The van der Waals surface area contributed by atoms with Gasteiger partial charge < -0.3 is 10.2 Å². The highest BCUT2D eigenvalue weighted by Crippen LogP contribution is 2.28. The van der Waals surface area contributed by atoms with E-state index in [-0.39, 0.29) is 35.4 Å². The van der Waals surface area contributed by atoms with E-state index in [0.29, 0.717) is 17.4 Å². The molecule has 3 rings (SSSR count). The molecule has 6 nitrogen and oxygen atoms in total. The molecule has 0 aliphatic carbocycles. The second kappa shape index (κ2) is 8.14. The number of benzene rings is 1. The smallest absolute Gasteiger partial charge is 0.270 e. The van der Waals surface area contributed by atoms with Gasteiger partial charge in [0.15, 0.2) is 0 Å². The van der Waals surface area contributed by atoms with E-state index in [1.54, 1.807) is 6.07 Å². The lowest BCUT2D eigenvalue weighted by Gasteiger charge is -2.21. The first-order valence-corrected chi connectivity index (χ1v) is 8.33. The van der Waals surface area contributed by atoms with Gasteiger partial charge in [-0.3, -0.25) is 14.9 Å². The van der Waals surface area contributed by atoms with Crippen LogP contribution in [0.1, 0.15) is 18.4 Å². The van der Waals surface area contributed by atoms with Gasteiger partial charge in [-0.1, -0.05) is 17.7 Å². The van der Waals surface area contributed by atoms with E-state index in [4.69, 9.17) is 11.6 Å². The number of amides is 1. The predicted molar refractivity (Wildman–Crippen MR) is 94.7 cm³/mol. The summed E-state index contributed by atoms with van der Waals surface area (Å²) in [5.41, 5.74) is 0.592. The van der Waals surface area contributed by atoms with Gasteiger partial charge in [-0.25, -0.2) is 0 Å². The Labute approximate surface area is 152 Å². The van der Waals surface area contributed by atoms with Gasteiger partial charge >= 0.3 is 0 Å². The van der Waals surface area contributed by atoms with E-state index >= 15 is 0 Å². The fourth-order valence-corrected chi connectivity index (χ4v) is 3.78. The van der Waals surface area contributed by atoms with Crippen molar-refractivity contribution in [2.45, 2.75) is 19.3 Å². The number of nitro benzene ring substituents is 1. The van der Waals surface area contributed by atoms with Crippen molar-refractivity contribution < 1.29 is 9.72 Å². The van der Waals surface area contributed by atoms with E-state index in [0.717, 1.165) is 39.0 Å². The second-order valence-electron chi connectivity index (χ2n) is 6.35. The van der Waals surface area contributed by atoms with Gasteiger partial charge in [0.25, 0.3) is 5.69 Å². The van der Waals surface area contributed by atoms with Crippen LogP contribution in [-0.2, 0) is 11.2 Å². The summed E-state index contributed by atoms with van der Waals surface area (Å²) in [6, 6.07) is 4.28. The van der Waals surface area contributed by atoms with Crippen molar-refractivity contribution in [3.63, 3.8) is 0 Å². The molecule has 0 unspecified atom stereocenters. The van der Waals surface area contributed by atoms with E-state index in [2.05, 4.69) is 5.32 Å². The van der Waals surface area contributed by atoms with Crippen LogP contribution < -0.4 is 5.32 Å². The Morgan fingerprint density at radius 1 is 1.29 bits per heavy atom. The highest BCUT2D eigenvalue weighted by molar-refractivity contribution is 6.31. The minimum atomic E-state index is -0.487. The molecule has 0 radical (unpaired) electrons. The van der Waals surface area contributed by atoms with Gasteiger partial charge in [0.05, 0.1) is 16.4 Å². The van der Waals surface area contributed by atoms with Crippen LogP contribution in [0.4, 0.5) is 5.69 Å². The molecule has 0 saturated carbocycles. The number of non-ortho nitro benzene ring substituents is 1. The number of nitrogens with zero attached hydrogens (tertiary/aromatic N) is 2. The Hall–Kier alpha value is -1.37. The summed E-state index contributed by atoms with van der Waals surface area (Å²) in [4.78, 5) is 24.7. The standard InChI is InChI=1S/C16H20ClN3O3.ClH/c17-15-8-14(20(22)23)2-1-11(15)7-16(21)19-5-3-12-9-18-10-13(12)4-6-19;/h1-2,8,12-13,18H,3-7,9-10H2;1H/t12-,13+;. The first-order valence-electron chi connectivity index (χ1n) is 7.96. The number of carbonyl (C=O) groups excluding carboxylic acids is 1. The molecule has 24 heavy (non-hydrogen) atoms. The first kappa shape index (κ1) is 19.0. The number of nitrogens with one attached hydrogen (secondary N) is 1. The molecule has 2 fully saturated rings. The Morgan fingerprint density at radius 3 is 2.46 bits per heavy atom. The Bertz CT molecular complexity index is 613. The zero-order chi connectivity index (χ0) is 16.4. The third kappa shape index (κ3) is 4.18. The van der Waals surface area contributed by atoms with Gasteiger partial charge in [0, 0.05) is 25.2 Å². The maximum atomic E-state index is 12.5. The number of hydrogen-bond donors (Lipinski definition) is 1. The summed E-state index contributed by atoms with van der Waals surface area (Å²) in [6.45, 7) is 3.68. The molecule has 2 heterocycles. The number of carbonyl (C=O) groups is 1. The first-order chi connectivity index (χ1) is 11.0. The van der Waals surface area contributed by atoms with Gasteiger partial charge in [-0.2, -0.15) is 0 Å². The van der Waals surface area contributed by atoms with E-state index in [1.807, 2.05) is 4.90 Å². The average Bonchev–Trinajstić information content (AvgIpc) is 2.87. The van der Waals surface area contributed by atoms with Crippen LogP contribution in [0.5, 0.6) is 0 Å². The molecule has 0 bridgehead atoms. The fraction of sp³-hybridized carbons (Fsp3) is 0.562. The van der Waals surface area contributed by atoms with Crippen LogP contribution >= 0.6 is 24.0 Å². The molecular weight excluding hydrogens is 353 g/mol. The lowest BCUT2D eigenvalue weighted by Crippen LogP contribution is -2.34. The van der Waals surface area contributed by atoms with Gasteiger partial charge in [-0.05, 0) is 43.3 Å². The molecule has 2 aliphatic heterocycles. The highest BCUT2D eigenvalue weighted by atomic mass is 35.5. The summed E-state index contributed by atoms with van der Waals surface area (Å²) >= 11 is 6.08. The van der Waals surface area contributed by atoms with Crippen LogP contribution in [0, 0.1) is 22.0 Å². The maximum absolute atomic E-state index is 12.5. The van der Waals surface area contributed by atoms with Crippen molar-refractivity contribution in [1.82, 2.24) is 10.2 Å². The molecule has 0 aromatic heterocycles. The second-order valence-corrected chi connectivity index (χ2v) is 6.75. The Morgan fingerprint density at radius 2 is 1.92 bits per heavy atom. The van der Waals surface area contributed by atoms with Crippen LogP contribution in [0.3, 0.4) is 0 Å². The normalized spacial score (nSPS) is 23.1. The number of nitro groups is 1. The lowest BCUT2D eigenvalue weighted by atomic mass is 9.92. The summed E-state index contributed by atoms with van der Waals surface area (Å²) < 4.78 is 0. The molecule has 1 N–H and O–H groups in total. The summed E-state index contributed by atoms with van der Waals surface area (Å²) in [6.07, 6.45) is 2.28. The van der Waals surface area contributed by atoms with Crippen molar-refractivity contribution >= 4 is 35.6 Å². The fourth-order valence-electron chi connectivity index (χ4n) is 3.54. The topological polar surface area (TPSA) is 75.5 Å². The van der Waals surface area contributed by atoms with E-state index in [9.17, 15) is 14.9 Å². The number of halogens is 2. The number of rotatable bonds is 3. The van der Waals surface area contributed by atoms with Gasteiger partial charge in [0.1, 0.15) is 0 Å². The molecule has 0 spiro atoms. The molecule has 2 atom stereocenters. The van der Waals surface area contributed by atoms with Crippen LogP contribution in [0.2, 0.25) is 5.02 Å². The minimum Gasteiger partial charge on any atom is -0.342 e. The third-order valence-corrected chi connectivity index (χ3v) is 5.31. The summed E-state index contributed by atoms with van der Waals surface area (Å²) in [7, 11) is 0. The van der Waals surface area contributed by atoms with Crippen molar-refractivity contribution in [3.05, 3.63) is 38.9 Å². The molecule has 2 saturated heterocycles. The van der Waals surface area contributed by atoms with Gasteiger partial charge in [-0.15, -0.1) is 12.4 Å². The largest absolute Gasteiger partial charge is 0.342 e. The zero-order valence-electron chi connectivity index (χ0n) is 13.2. The average molecular weight is 374 g/mol. The summed E-state index contributed by atoms with van der Waals surface area (Å²) in [5, 5.41) is 14.4. The molecule has 132 valence electrons. The van der Waals surface area contributed by atoms with Gasteiger partial charge in [0.2, 0.25) is 5.91 Å². The molecule has 2 aliphatic rings. The van der Waals surface area contributed by atoms with Crippen molar-refractivity contribution in [2.24, 2.45) is 11.8 Å². The number of hydrogen-bond acceptors (Lipinski definition) is 4. The SMILES string of the molecule is Cl.O=C(Cc1ccc([N+](=O)[O-])cc1Cl)N1CC[C@@H]2CNC[C@@H]2CC1. The quantitative estimate of drug-likeness (QED) is 0.652. The monoisotopic (exact) mass is 373 g/mol. The van der Waals surface area contributed by atoms with E-state index < -0.39 is 4.92 Å². The zero-order valence-corrected chi connectivity index (χ0v) is 14.8. The number of likely N-dealkylation sites (tertiary alicyclic amines) is 1. The minimum absolute atomic E-state index is 0. The van der Waals surface area contributed by atoms with Crippen LogP contribution in [-0.4, -0.2) is 41.9 Å². The molecule has 1 aromatic rings. The Kier molecular flexibility index (Phi) is 6.43. The van der Waals surface area contributed by atoms with E-state index in [1.165, 1.54) is 12.1 Å². The van der Waals surface area contributed by atoms with Crippen molar-refractivity contribution in [2.75, 3.05) is 26.2 Å². The number of fused-ring (bicyclic) bond motifs is 1. The summed E-state index contributed by atoms with van der Waals surface area (Å²) in [5.74, 6) is 1.40. The lowest BCUT2D eigenvalue weighted by molar-refractivity contribution is -0.384. The molecule has 1 amide bonds. The van der Waals surface area contributed by atoms with Crippen molar-refractivity contribution in [1.29, 1.82) is 0 Å². The van der Waals surface area contributed by atoms with Crippen LogP contribution in [0.15, 0.2) is 18.2 Å². The van der Waals surface area contributed by atoms with Crippen molar-refractivity contribution in [3.8, 4) is 0 Å². The molecule has 1 aromatic carbocycles.